The van der Waals surface area contributed by atoms with E-state index in [0.29, 0.717) is 12.0 Å². The van der Waals surface area contributed by atoms with Crippen LogP contribution >= 0.6 is 11.3 Å². The highest BCUT2D eigenvalue weighted by molar-refractivity contribution is 7.07. The van der Waals surface area contributed by atoms with E-state index in [0.717, 1.165) is 19.4 Å². The lowest BCUT2D eigenvalue weighted by Crippen LogP contribution is -2.36. The summed E-state index contributed by atoms with van der Waals surface area (Å²) in [6.45, 7) is 3.04. The van der Waals surface area contributed by atoms with Gasteiger partial charge in [0.05, 0.1) is 12.1 Å². The molecule has 0 amide bonds. The highest BCUT2D eigenvalue weighted by Crippen LogP contribution is 2.34. The monoisotopic (exact) mass is 226 g/mol. The first kappa shape index (κ1) is 11.1. The Bertz CT molecular complexity index is 289. The van der Waals surface area contributed by atoms with Gasteiger partial charge in [0.15, 0.2) is 0 Å². The van der Waals surface area contributed by atoms with Gasteiger partial charge in [-0.3, -0.25) is 11.3 Å². The van der Waals surface area contributed by atoms with E-state index in [9.17, 15) is 0 Å². The number of nitrogens with two attached hydrogens (primary N) is 1. The number of hydrazine groups is 1. The van der Waals surface area contributed by atoms with Gasteiger partial charge in [0, 0.05) is 12.5 Å². The van der Waals surface area contributed by atoms with E-state index in [1.54, 1.807) is 11.3 Å². The van der Waals surface area contributed by atoms with Crippen LogP contribution in [-0.4, -0.2) is 12.7 Å². The molecule has 0 aliphatic carbocycles. The third kappa shape index (κ3) is 2.23. The molecule has 1 aliphatic rings. The Labute approximate surface area is 94.6 Å². The quantitative estimate of drug-likeness (QED) is 0.610. The molecule has 1 aromatic rings. The number of hydrogen-bond acceptors (Lipinski definition) is 4. The summed E-state index contributed by atoms with van der Waals surface area (Å²) in [7, 11) is 0. The molecule has 1 aliphatic heterocycles. The Morgan fingerprint density at radius 3 is 3.20 bits per heavy atom. The van der Waals surface area contributed by atoms with Gasteiger partial charge in [0.25, 0.3) is 0 Å². The fourth-order valence-corrected chi connectivity index (χ4v) is 3.08. The molecule has 2 rings (SSSR count). The fraction of sp³-hybridized carbons (Fsp3) is 0.636. The molecule has 0 saturated carbocycles. The van der Waals surface area contributed by atoms with Crippen molar-refractivity contribution in [2.24, 2.45) is 11.8 Å². The van der Waals surface area contributed by atoms with Crippen LogP contribution in [0.4, 0.5) is 0 Å². The van der Waals surface area contributed by atoms with Crippen LogP contribution < -0.4 is 11.3 Å². The van der Waals surface area contributed by atoms with E-state index < -0.39 is 0 Å². The van der Waals surface area contributed by atoms with Crippen LogP contribution in [-0.2, 0) is 4.74 Å². The molecular formula is C11H18N2OS. The molecule has 3 atom stereocenters. The van der Waals surface area contributed by atoms with E-state index in [4.69, 9.17) is 10.6 Å². The maximum atomic E-state index is 5.70. The molecule has 3 unspecified atom stereocenters. The number of ether oxygens (including phenoxy) is 1. The topological polar surface area (TPSA) is 47.3 Å². The number of thiophene rings is 1. The molecule has 0 radical (unpaired) electrons. The summed E-state index contributed by atoms with van der Waals surface area (Å²) in [6.07, 6.45) is 2.52. The zero-order valence-electron chi connectivity index (χ0n) is 8.98. The molecule has 1 fully saturated rings. The molecule has 0 aromatic carbocycles. The number of nitrogens with one attached hydrogen (secondary N) is 1. The summed E-state index contributed by atoms with van der Waals surface area (Å²) in [5, 5.41) is 4.26. The Morgan fingerprint density at radius 2 is 2.60 bits per heavy atom. The average molecular weight is 226 g/mol. The summed E-state index contributed by atoms with van der Waals surface area (Å²) >= 11 is 1.71. The summed E-state index contributed by atoms with van der Waals surface area (Å²) < 4.78 is 5.70. The molecule has 3 N–H and O–H groups in total. The lowest BCUT2D eigenvalue weighted by atomic mass is 9.88. The molecular weight excluding hydrogens is 208 g/mol. The molecule has 2 heterocycles. The second-order valence-corrected chi connectivity index (χ2v) is 4.75. The zero-order valence-corrected chi connectivity index (χ0v) is 9.80. The Morgan fingerprint density at radius 1 is 1.73 bits per heavy atom. The second-order valence-electron chi connectivity index (χ2n) is 3.97. The minimum atomic E-state index is 0.240. The number of rotatable bonds is 4. The Hall–Kier alpha value is -0.420. The van der Waals surface area contributed by atoms with Gasteiger partial charge >= 0.3 is 0 Å². The van der Waals surface area contributed by atoms with Crippen LogP contribution in [0.2, 0.25) is 0 Å². The maximum absolute atomic E-state index is 5.70. The number of hydrogen-bond donors (Lipinski definition) is 2. The molecule has 84 valence electrons. The van der Waals surface area contributed by atoms with Gasteiger partial charge in [0.1, 0.15) is 0 Å². The van der Waals surface area contributed by atoms with Gasteiger partial charge in [-0.1, -0.05) is 6.92 Å². The first-order valence-electron chi connectivity index (χ1n) is 5.46. The third-order valence-electron chi connectivity index (χ3n) is 3.17. The van der Waals surface area contributed by atoms with Crippen molar-refractivity contribution in [2.75, 3.05) is 6.61 Å². The van der Waals surface area contributed by atoms with Crippen LogP contribution in [0.1, 0.15) is 31.4 Å². The van der Waals surface area contributed by atoms with Gasteiger partial charge in [-0.05, 0) is 35.2 Å². The van der Waals surface area contributed by atoms with Crippen LogP contribution in [0, 0.1) is 5.92 Å². The molecule has 3 nitrogen and oxygen atoms in total. The van der Waals surface area contributed by atoms with Crippen LogP contribution in [0.5, 0.6) is 0 Å². The summed E-state index contributed by atoms with van der Waals surface area (Å²) in [6, 6.07) is 2.38. The van der Waals surface area contributed by atoms with E-state index in [2.05, 4.69) is 29.2 Å². The molecule has 0 spiro atoms. The third-order valence-corrected chi connectivity index (χ3v) is 3.87. The van der Waals surface area contributed by atoms with Gasteiger partial charge in [0.2, 0.25) is 0 Å². The van der Waals surface area contributed by atoms with E-state index >= 15 is 0 Å². The standard InChI is InChI=1S/C11H18N2OS/c1-2-10-9(3-5-14-10)11(13-12)8-4-6-15-7-8/h4,6-7,9-11,13H,2-3,5,12H2,1H3. The first-order valence-corrected chi connectivity index (χ1v) is 6.41. The van der Waals surface area contributed by atoms with Crippen molar-refractivity contribution in [1.29, 1.82) is 0 Å². The smallest absolute Gasteiger partial charge is 0.0620 e. The van der Waals surface area contributed by atoms with Crippen LogP contribution in [0.3, 0.4) is 0 Å². The minimum Gasteiger partial charge on any atom is -0.378 e. The zero-order chi connectivity index (χ0) is 10.7. The highest BCUT2D eigenvalue weighted by atomic mass is 32.1. The lowest BCUT2D eigenvalue weighted by Gasteiger charge is -2.25. The van der Waals surface area contributed by atoms with Gasteiger partial charge in [-0.15, -0.1) is 0 Å². The Balaban J connectivity index is 2.12. The summed E-state index contributed by atoms with van der Waals surface area (Å²) in [5.41, 5.74) is 4.23. The van der Waals surface area contributed by atoms with Gasteiger partial charge in [-0.2, -0.15) is 11.3 Å². The second kappa shape index (κ2) is 5.07. The minimum absolute atomic E-state index is 0.240. The molecule has 4 heteroatoms. The Kier molecular flexibility index (Phi) is 3.75. The predicted molar refractivity (Wildman–Crippen MR) is 62.5 cm³/mol. The van der Waals surface area contributed by atoms with E-state index in [1.165, 1.54) is 5.56 Å². The predicted octanol–water partition coefficient (Wildman–Crippen LogP) is 2.07. The van der Waals surface area contributed by atoms with Crippen molar-refractivity contribution in [3.05, 3.63) is 22.4 Å². The molecule has 1 saturated heterocycles. The average Bonchev–Trinajstić information content (AvgIpc) is 2.89. The van der Waals surface area contributed by atoms with Crippen LogP contribution in [0.25, 0.3) is 0 Å². The summed E-state index contributed by atoms with van der Waals surface area (Å²) in [5.74, 6) is 6.17. The maximum Gasteiger partial charge on any atom is 0.0620 e. The van der Waals surface area contributed by atoms with Crippen molar-refractivity contribution in [3.8, 4) is 0 Å². The van der Waals surface area contributed by atoms with Gasteiger partial charge < -0.3 is 4.74 Å². The largest absolute Gasteiger partial charge is 0.378 e. The van der Waals surface area contributed by atoms with Crippen molar-refractivity contribution in [3.63, 3.8) is 0 Å². The molecule has 1 aromatic heterocycles. The molecule has 15 heavy (non-hydrogen) atoms. The van der Waals surface area contributed by atoms with Crippen LogP contribution in [0.15, 0.2) is 16.8 Å². The van der Waals surface area contributed by atoms with Gasteiger partial charge in [-0.25, -0.2) is 0 Å². The van der Waals surface area contributed by atoms with Crippen molar-refractivity contribution in [1.82, 2.24) is 5.43 Å². The van der Waals surface area contributed by atoms with Crippen molar-refractivity contribution in [2.45, 2.75) is 31.9 Å². The first-order chi connectivity index (χ1) is 7.36. The highest BCUT2D eigenvalue weighted by Gasteiger charge is 2.33. The van der Waals surface area contributed by atoms with Crippen molar-refractivity contribution >= 4 is 11.3 Å². The van der Waals surface area contributed by atoms with E-state index in [1.807, 2.05) is 0 Å². The lowest BCUT2D eigenvalue weighted by molar-refractivity contribution is 0.0774. The normalized spacial score (nSPS) is 28.1. The molecule has 0 bridgehead atoms. The van der Waals surface area contributed by atoms with Crippen molar-refractivity contribution < 1.29 is 4.74 Å². The fourth-order valence-electron chi connectivity index (χ4n) is 2.39. The van der Waals surface area contributed by atoms with E-state index in [-0.39, 0.29) is 6.04 Å². The summed E-state index contributed by atoms with van der Waals surface area (Å²) in [4.78, 5) is 0. The SMILES string of the molecule is CCC1OCCC1C(NN)c1ccsc1.